The maximum atomic E-state index is 8.64. The zero-order valence-electron chi connectivity index (χ0n) is 15.2. The van der Waals surface area contributed by atoms with Gasteiger partial charge in [0.2, 0.25) is 0 Å². The molecule has 2 heterocycles. The monoisotopic (exact) mass is 456 g/mol. The fourth-order valence-electron chi connectivity index (χ4n) is 3.56. The topological polar surface area (TPSA) is 26.7 Å². The first-order valence-electron chi connectivity index (χ1n) is 9.27. The van der Waals surface area contributed by atoms with E-state index in [1.165, 1.54) is 64.8 Å². The Kier molecular flexibility index (Phi) is 15.7. The molecule has 2 fully saturated rings. The van der Waals surface area contributed by atoms with Crippen molar-refractivity contribution >= 4 is 32.9 Å². The summed E-state index contributed by atoms with van der Waals surface area (Å²) in [7, 11) is 0. The van der Waals surface area contributed by atoms with Crippen LogP contribution >= 0.6 is 32.9 Å². The molecule has 0 aromatic rings. The van der Waals surface area contributed by atoms with E-state index in [1.807, 2.05) is 0 Å². The van der Waals surface area contributed by atoms with Crippen LogP contribution in [0.4, 0.5) is 0 Å². The summed E-state index contributed by atoms with van der Waals surface area (Å²) >= 11 is 3.46. The van der Waals surface area contributed by atoms with Gasteiger partial charge in [-0.25, -0.2) is 0 Å². The minimum Gasteiger partial charge on any atom is -0.396 e. The summed E-state index contributed by atoms with van der Waals surface area (Å²) in [4.78, 5) is 5.06. The second-order valence-electron chi connectivity index (χ2n) is 7.22. The number of hydrogen-bond acceptors (Lipinski definition) is 3. The van der Waals surface area contributed by atoms with E-state index in [1.54, 1.807) is 0 Å². The minimum absolute atomic E-state index is 0. The second-order valence-corrected chi connectivity index (χ2v) is 8.01. The molecule has 0 bridgehead atoms. The number of halogens is 2. The Morgan fingerprint density at radius 2 is 1.39 bits per heavy atom. The molecule has 2 aliphatic rings. The number of aliphatic hydroxyl groups excluding tert-OH is 1. The Morgan fingerprint density at radius 3 is 1.78 bits per heavy atom. The van der Waals surface area contributed by atoms with Crippen molar-refractivity contribution in [2.45, 2.75) is 52.4 Å². The van der Waals surface area contributed by atoms with Crippen LogP contribution in [0.1, 0.15) is 52.4 Å². The smallest absolute Gasteiger partial charge is 0.0443 e. The quantitative estimate of drug-likeness (QED) is 0.606. The lowest BCUT2D eigenvalue weighted by Crippen LogP contribution is -2.35. The zero-order chi connectivity index (χ0) is 16.2. The third kappa shape index (κ3) is 11.9. The third-order valence-electron chi connectivity index (χ3n) is 4.72. The van der Waals surface area contributed by atoms with Crippen molar-refractivity contribution in [1.82, 2.24) is 9.80 Å². The highest BCUT2D eigenvalue weighted by Gasteiger charge is 2.15. The van der Waals surface area contributed by atoms with Crippen molar-refractivity contribution in [2.24, 2.45) is 11.8 Å². The van der Waals surface area contributed by atoms with Crippen LogP contribution in [0.15, 0.2) is 0 Å². The van der Waals surface area contributed by atoms with Gasteiger partial charge in [-0.05, 0) is 70.0 Å². The summed E-state index contributed by atoms with van der Waals surface area (Å²) in [5, 5.41) is 9.79. The maximum Gasteiger partial charge on any atom is 0.0443 e. The minimum atomic E-state index is 0. The van der Waals surface area contributed by atoms with Crippen LogP contribution in [0.25, 0.3) is 0 Å². The number of piperidine rings is 2. The lowest BCUT2D eigenvalue weighted by atomic mass is 10.0. The van der Waals surface area contributed by atoms with E-state index in [4.69, 9.17) is 5.11 Å². The molecular weight excluding hydrogens is 420 g/mol. The number of rotatable bonds is 6. The molecular formula is C18H38Br2N2O. The lowest BCUT2D eigenvalue weighted by molar-refractivity contribution is 0.166. The van der Waals surface area contributed by atoms with Gasteiger partial charge in [0.05, 0.1) is 0 Å². The van der Waals surface area contributed by atoms with Crippen LogP contribution in [-0.2, 0) is 0 Å². The highest BCUT2D eigenvalue weighted by atomic mass is 79.9. The van der Waals surface area contributed by atoms with E-state index in [-0.39, 0.29) is 17.0 Å². The van der Waals surface area contributed by atoms with Crippen LogP contribution in [0.3, 0.4) is 0 Å². The molecule has 2 rings (SSSR count). The first-order chi connectivity index (χ1) is 10.7. The van der Waals surface area contributed by atoms with Gasteiger partial charge in [-0.1, -0.05) is 29.8 Å². The number of hydrogen-bond donors (Lipinski definition) is 1. The third-order valence-corrected chi connectivity index (χ3v) is 5.28. The molecule has 2 atom stereocenters. The first-order valence-corrected chi connectivity index (χ1v) is 10.4. The molecule has 5 heteroatoms. The van der Waals surface area contributed by atoms with Gasteiger partial charge in [0, 0.05) is 31.6 Å². The number of nitrogens with zero attached hydrogens (tertiary/aromatic N) is 2. The van der Waals surface area contributed by atoms with Gasteiger partial charge in [0.1, 0.15) is 0 Å². The van der Waals surface area contributed by atoms with E-state index in [0.29, 0.717) is 6.61 Å². The molecule has 2 aliphatic heterocycles. The summed E-state index contributed by atoms with van der Waals surface area (Å²) in [6.45, 7) is 12.5. The molecule has 0 unspecified atom stereocenters. The molecule has 0 aromatic carbocycles. The molecule has 2 saturated heterocycles. The number of likely N-dealkylation sites (tertiary alicyclic amines) is 2. The van der Waals surface area contributed by atoms with Gasteiger partial charge in [-0.3, -0.25) is 0 Å². The largest absolute Gasteiger partial charge is 0.396 e. The van der Waals surface area contributed by atoms with E-state index in [0.717, 1.165) is 30.1 Å². The van der Waals surface area contributed by atoms with Gasteiger partial charge in [-0.15, -0.1) is 17.0 Å². The molecule has 0 saturated carbocycles. The molecule has 23 heavy (non-hydrogen) atoms. The normalized spacial score (nSPS) is 26.1. The predicted octanol–water partition coefficient (Wildman–Crippen LogP) is 4.18. The summed E-state index contributed by atoms with van der Waals surface area (Å²) in [5.74, 6) is 1.79. The summed E-state index contributed by atoms with van der Waals surface area (Å²) in [6, 6.07) is 0. The maximum absolute atomic E-state index is 8.64. The number of aliphatic hydroxyl groups is 1. The van der Waals surface area contributed by atoms with Gasteiger partial charge in [0.15, 0.2) is 0 Å². The summed E-state index contributed by atoms with van der Waals surface area (Å²) in [6.07, 6.45) is 7.80. The second kappa shape index (κ2) is 15.1. The van der Waals surface area contributed by atoms with Crippen molar-refractivity contribution in [3.8, 4) is 0 Å². The van der Waals surface area contributed by atoms with Crippen LogP contribution < -0.4 is 0 Å². The van der Waals surface area contributed by atoms with Crippen molar-refractivity contribution in [3.05, 3.63) is 0 Å². The standard InChI is InChI=1S/C9H18BrN.C9H19NO.BrH/c1-9-4-2-6-11(8-9)7-3-5-10;1-9-4-2-5-10(8-9)6-3-7-11;/h9H,2-8H2,1H3;9,11H,2-8H2,1H3;1H/t2*9-;/m00./s1. The van der Waals surface area contributed by atoms with Crippen molar-refractivity contribution < 1.29 is 5.11 Å². The van der Waals surface area contributed by atoms with E-state index >= 15 is 0 Å². The predicted molar refractivity (Wildman–Crippen MR) is 110 cm³/mol. The highest BCUT2D eigenvalue weighted by molar-refractivity contribution is 9.09. The molecule has 3 nitrogen and oxygen atoms in total. The lowest BCUT2D eigenvalue weighted by Gasteiger charge is -2.30. The fourth-order valence-corrected chi connectivity index (χ4v) is 3.81. The molecule has 0 aromatic heterocycles. The Balaban J connectivity index is 0.000000403. The van der Waals surface area contributed by atoms with E-state index in [2.05, 4.69) is 39.6 Å². The molecule has 140 valence electrons. The van der Waals surface area contributed by atoms with Crippen LogP contribution in [0.2, 0.25) is 0 Å². The Labute approximate surface area is 163 Å². The van der Waals surface area contributed by atoms with Crippen LogP contribution in [-0.4, -0.2) is 66.1 Å². The zero-order valence-corrected chi connectivity index (χ0v) is 18.5. The number of alkyl halides is 1. The van der Waals surface area contributed by atoms with Crippen molar-refractivity contribution in [1.29, 1.82) is 0 Å². The van der Waals surface area contributed by atoms with Crippen LogP contribution in [0.5, 0.6) is 0 Å². The Morgan fingerprint density at radius 1 is 0.913 bits per heavy atom. The highest BCUT2D eigenvalue weighted by Crippen LogP contribution is 2.16. The molecule has 1 N–H and O–H groups in total. The Bertz CT molecular complexity index is 243. The average molecular weight is 458 g/mol. The van der Waals surface area contributed by atoms with Crippen molar-refractivity contribution in [3.63, 3.8) is 0 Å². The summed E-state index contributed by atoms with van der Waals surface area (Å²) < 4.78 is 0. The molecule has 0 spiro atoms. The average Bonchev–Trinajstić information content (AvgIpc) is 2.52. The summed E-state index contributed by atoms with van der Waals surface area (Å²) in [5.41, 5.74) is 0. The first kappa shape index (κ1) is 23.8. The molecule has 0 aliphatic carbocycles. The van der Waals surface area contributed by atoms with Gasteiger partial charge in [0.25, 0.3) is 0 Å². The molecule has 0 amide bonds. The van der Waals surface area contributed by atoms with E-state index < -0.39 is 0 Å². The fraction of sp³-hybridized carbons (Fsp3) is 1.00. The van der Waals surface area contributed by atoms with Gasteiger partial charge >= 0.3 is 0 Å². The van der Waals surface area contributed by atoms with Gasteiger partial charge in [-0.2, -0.15) is 0 Å². The Hall–Kier alpha value is 0.840. The van der Waals surface area contributed by atoms with Crippen LogP contribution in [0, 0.1) is 11.8 Å². The van der Waals surface area contributed by atoms with Gasteiger partial charge < -0.3 is 14.9 Å². The van der Waals surface area contributed by atoms with E-state index in [9.17, 15) is 0 Å². The SMILES string of the molecule is Br.C[C@H]1CCCN(CCCBr)C1.C[C@H]1CCCN(CCCO)C1. The molecule has 0 radical (unpaired) electrons. The van der Waals surface area contributed by atoms with Crippen molar-refractivity contribution in [2.75, 3.05) is 51.2 Å².